The third-order valence-electron chi connectivity index (χ3n) is 9.50. The van der Waals surface area contributed by atoms with Crippen LogP contribution in [0.5, 0.6) is 0 Å². The van der Waals surface area contributed by atoms with Crippen LogP contribution in [0, 0.1) is 24.3 Å². The molecule has 0 aliphatic heterocycles. The molecule has 0 saturated heterocycles. The molecule has 0 spiro atoms. The molecule has 2 aliphatic carbocycles. The van der Waals surface area contributed by atoms with Crippen LogP contribution in [-0.4, -0.2) is 0 Å². The van der Waals surface area contributed by atoms with E-state index in [2.05, 4.69) is 58.1 Å². The first kappa shape index (κ1) is 34.5. The fraction of sp³-hybridized carbons (Fsp3) is 0.302. The molecule has 49 heavy (non-hydrogen) atoms. The molecule has 0 aromatic heterocycles. The standard InChI is InChI=1S/C43H39F6/c1-24-19-29-22-33-35(26-13-9-10-14-26)25(2)39(41(6,7)8)38(37(33)32(29)23-34(24)40(3,4)5)36(27-15-11-17-30(20-27)42(44,45)46)28-16-12-18-31(21-28)43(47,48)49/h9-13,15-21,23H,14H2,1-8H3. The van der Waals surface area contributed by atoms with Crippen molar-refractivity contribution in [1.29, 1.82) is 0 Å². The highest BCUT2D eigenvalue weighted by molar-refractivity contribution is 5.86. The Bertz CT molecular complexity index is 2240. The first-order chi connectivity index (χ1) is 22.7. The van der Waals surface area contributed by atoms with E-state index in [1.807, 2.05) is 33.8 Å². The molecule has 0 heterocycles. The molecule has 0 N–H and O–H groups in total. The maximum absolute atomic E-state index is 14.2. The smallest absolute Gasteiger partial charge is 0.166 e. The average molecular weight is 670 g/mol. The van der Waals surface area contributed by atoms with Gasteiger partial charge in [-0.2, -0.15) is 26.3 Å². The first-order valence-corrected chi connectivity index (χ1v) is 16.4. The Labute approximate surface area is 283 Å². The molecule has 4 aromatic carbocycles. The lowest BCUT2D eigenvalue weighted by molar-refractivity contribution is -0.138. The van der Waals surface area contributed by atoms with Crippen molar-refractivity contribution in [3.63, 3.8) is 0 Å². The molecule has 0 saturated carbocycles. The third-order valence-corrected chi connectivity index (χ3v) is 9.50. The van der Waals surface area contributed by atoms with Crippen molar-refractivity contribution in [2.75, 3.05) is 0 Å². The van der Waals surface area contributed by atoms with Crippen molar-refractivity contribution >= 4 is 17.2 Å². The molecule has 6 heteroatoms. The summed E-state index contributed by atoms with van der Waals surface area (Å²) in [5, 5.41) is 3.13. The highest BCUT2D eigenvalue weighted by Crippen LogP contribution is 2.39. The summed E-state index contributed by atoms with van der Waals surface area (Å²) in [4.78, 5) is 0. The molecule has 0 fully saturated rings. The van der Waals surface area contributed by atoms with Crippen LogP contribution in [0.15, 0.2) is 78.9 Å². The van der Waals surface area contributed by atoms with Gasteiger partial charge in [-0.15, -0.1) is 0 Å². The number of rotatable bonds is 3. The molecule has 253 valence electrons. The predicted octanol–water partition coefficient (Wildman–Crippen LogP) is 10.8. The van der Waals surface area contributed by atoms with Crippen LogP contribution in [0.1, 0.15) is 104 Å². The SMILES string of the molecule is Cc1cc2c(cc1C(C)(C)C)=c1c(c(C3=CC=CC3)c(C)c(C(C)(C)C)c1=C(c1cccc(C(F)(F)F)c1)c1cccc(C(F)(F)F)c1)[C]=2. The Morgan fingerprint density at radius 2 is 1.29 bits per heavy atom. The quantitative estimate of drug-likeness (QED) is 0.168. The van der Waals surface area contributed by atoms with E-state index in [1.165, 1.54) is 12.1 Å². The molecule has 1 radical (unpaired) electrons. The number of fused-ring (bicyclic) bond motifs is 2. The van der Waals surface area contributed by atoms with E-state index >= 15 is 0 Å². The molecule has 0 unspecified atom stereocenters. The summed E-state index contributed by atoms with van der Waals surface area (Å²) in [5.74, 6) is 0. The van der Waals surface area contributed by atoms with E-state index in [4.69, 9.17) is 0 Å². The molecular formula is C43H39F6. The molecule has 0 nitrogen and oxygen atoms in total. The van der Waals surface area contributed by atoms with Gasteiger partial charge in [0.05, 0.1) is 11.1 Å². The second-order valence-corrected chi connectivity index (χ2v) is 15.2. The minimum Gasteiger partial charge on any atom is -0.166 e. The monoisotopic (exact) mass is 669 g/mol. The van der Waals surface area contributed by atoms with Gasteiger partial charge < -0.3 is 0 Å². The molecule has 0 atom stereocenters. The maximum atomic E-state index is 14.2. The van der Waals surface area contributed by atoms with Gasteiger partial charge in [-0.1, -0.05) is 90.1 Å². The molecular weight excluding hydrogens is 630 g/mol. The van der Waals surface area contributed by atoms with Gasteiger partial charge in [0.25, 0.3) is 0 Å². The Morgan fingerprint density at radius 3 is 1.76 bits per heavy atom. The van der Waals surface area contributed by atoms with Crippen molar-refractivity contribution in [3.05, 3.63) is 155 Å². The lowest BCUT2D eigenvalue weighted by atomic mass is 9.75. The van der Waals surface area contributed by atoms with Crippen molar-refractivity contribution < 1.29 is 26.3 Å². The third kappa shape index (κ3) is 6.19. The van der Waals surface area contributed by atoms with Crippen LogP contribution >= 0.6 is 0 Å². The molecule has 6 rings (SSSR count). The van der Waals surface area contributed by atoms with Gasteiger partial charge in [0.2, 0.25) is 0 Å². The van der Waals surface area contributed by atoms with Crippen LogP contribution in [-0.2, 0) is 23.2 Å². The number of halogens is 6. The average Bonchev–Trinajstić information content (AvgIpc) is 3.63. The second kappa shape index (κ2) is 11.6. The van der Waals surface area contributed by atoms with E-state index in [-0.39, 0.29) is 16.5 Å². The van der Waals surface area contributed by atoms with E-state index < -0.39 is 28.9 Å². The highest BCUT2D eigenvalue weighted by Gasteiger charge is 2.34. The summed E-state index contributed by atoms with van der Waals surface area (Å²) in [6, 6.07) is 14.1. The first-order valence-electron chi connectivity index (χ1n) is 16.4. The topological polar surface area (TPSA) is 0 Å². The van der Waals surface area contributed by atoms with Crippen LogP contribution in [0.2, 0.25) is 0 Å². The van der Waals surface area contributed by atoms with Crippen molar-refractivity contribution in [1.82, 2.24) is 0 Å². The van der Waals surface area contributed by atoms with Crippen LogP contribution < -0.4 is 10.4 Å². The van der Waals surface area contributed by atoms with E-state index in [9.17, 15) is 26.3 Å². The molecule has 4 aromatic rings. The van der Waals surface area contributed by atoms with E-state index in [1.54, 1.807) is 12.1 Å². The summed E-state index contributed by atoms with van der Waals surface area (Å²) in [6.07, 6.45) is 1.26. The van der Waals surface area contributed by atoms with Gasteiger partial charge >= 0.3 is 12.4 Å². The minimum atomic E-state index is -4.65. The molecule has 0 bridgehead atoms. The zero-order chi connectivity index (χ0) is 35.8. The largest absolute Gasteiger partial charge is 0.416 e. The Balaban J connectivity index is 2.01. The minimum absolute atomic E-state index is 0.187. The number of benzene rings is 4. The Kier molecular flexibility index (Phi) is 8.20. The lowest BCUT2D eigenvalue weighted by Gasteiger charge is -2.28. The Morgan fingerprint density at radius 1 is 0.714 bits per heavy atom. The van der Waals surface area contributed by atoms with Crippen LogP contribution in [0.3, 0.4) is 0 Å². The molecule has 2 aliphatic rings. The Hall–Kier alpha value is -4.32. The zero-order valence-corrected chi connectivity index (χ0v) is 29.0. The maximum Gasteiger partial charge on any atom is 0.416 e. The van der Waals surface area contributed by atoms with E-state index in [0.29, 0.717) is 17.2 Å². The predicted molar refractivity (Wildman–Crippen MR) is 185 cm³/mol. The van der Waals surface area contributed by atoms with Gasteiger partial charge in [0.1, 0.15) is 0 Å². The van der Waals surface area contributed by atoms with Gasteiger partial charge in [-0.05, 0) is 144 Å². The van der Waals surface area contributed by atoms with E-state index in [0.717, 1.165) is 78.9 Å². The van der Waals surface area contributed by atoms with Crippen LogP contribution in [0.25, 0.3) is 17.2 Å². The highest BCUT2D eigenvalue weighted by atomic mass is 19.4. The number of allylic oxidation sites excluding steroid dienone is 4. The normalized spacial score (nSPS) is 14.4. The van der Waals surface area contributed by atoms with Crippen molar-refractivity contribution in [3.8, 4) is 0 Å². The summed E-state index contributed by atoms with van der Waals surface area (Å²) >= 11 is 0. The van der Waals surface area contributed by atoms with Crippen molar-refractivity contribution in [2.45, 2.75) is 85.0 Å². The van der Waals surface area contributed by atoms with Gasteiger partial charge in [0, 0.05) is 0 Å². The summed E-state index contributed by atoms with van der Waals surface area (Å²) in [6.45, 7) is 16.6. The summed E-state index contributed by atoms with van der Waals surface area (Å²) in [5.41, 5.74) is 5.06. The second-order valence-electron chi connectivity index (χ2n) is 15.2. The number of alkyl halides is 6. The fourth-order valence-corrected chi connectivity index (χ4v) is 7.61. The number of hydrogen-bond donors (Lipinski definition) is 0. The fourth-order valence-electron chi connectivity index (χ4n) is 7.61. The van der Waals surface area contributed by atoms with Gasteiger partial charge in [-0.3, -0.25) is 0 Å². The summed E-state index contributed by atoms with van der Waals surface area (Å²) < 4.78 is 85.5. The van der Waals surface area contributed by atoms with Crippen molar-refractivity contribution in [2.24, 2.45) is 0 Å². The number of hydrogen-bond acceptors (Lipinski definition) is 0. The van der Waals surface area contributed by atoms with Gasteiger partial charge in [-0.25, -0.2) is 0 Å². The lowest BCUT2D eigenvalue weighted by Crippen LogP contribution is -2.30. The van der Waals surface area contributed by atoms with Gasteiger partial charge in [0.15, 0.2) is 0 Å². The summed E-state index contributed by atoms with van der Waals surface area (Å²) in [7, 11) is 0. The van der Waals surface area contributed by atoms with Crippen LogP contribution in [0.4, 0.5) is 26.3 Å². The molecule has 0 amide bonds. The zero-order valence-electron chi connectivity index (χ0n) is 29.0. The number of aryl methyl sites for hydroxylation is 1.